The van der Waals surface area contributed by atoms with Crippen LogP contribution in [0.3, 0.4) is 0 Å². The Morgan fingerprint density at radius 2 is 1.70 bits per heavy atom. The van der Waals surface area contributed by atoms with Gasteiger partial charge in [0.25, 0.3) is 0 Å². The topological polar surface area (TPSA) is 71.8 Å². The minimum atomic E-state index is -0.0211. The van der Waals surface area contributed by atoms with Gasteiger partial charge in [-0.15, -0.1) is 10.2 Å². The molecular formula is C25H24ClN5OS. The van der Waals surface area contributed by atoms with E-state index in [0.29, 0.717) is 23.7 Å². The second kappa shape index (κ2) is 11.0. The first-order valence-corrected chi connectivity index (χ1v) is 11.9. The number of nitrogens with one attached hydrogen (secondary N) is 2. The Morgan fingerprint density at radius 3 is 2.45 bits per heavy atom. The van der Waals surface area contributed by atoms with Crippen molar-refractivity contribution in [3.8, 4) is 5.69 Å². The van der Waals surface area contributed by atoms with Gasteiger partial charge < -0.3 is 10.6 Å². The van der Waals surface area contributed by atoms with Crippen molar-refractivity contribution in [1.29, 1.82) is 0 Å². The lowest BCUT2D eigenvalue weighted by atomic mass is 10.2. The van der Waals surface area contributed by atoms with Crippen LogP contribution in [0.4, 0.5) is 11.4 Å². The first-order chi connectivity index (χ1) is 16.1. The fourth-order valence-corrected chi connectivity index (χ4v) is 4.29. The second-order valence-electron chi connectivity index (χ2n) is 7.39. The molecule has 1 aromatic heterocycles. The Morgan fingerprint density at radius 1 is 0.970 bits per heavy atom. The zero-order chi connectivity index (χ0) is 23.0. The maximum absolute atomic E-state index is 12.4. The van der Waals surface area contributed by atoms with E-state index in [0.717, 1.165) is 33.6 Å². The molecule has 0 aliphatic carbocycles. The number of hydrogen-bond acceptors (Lipinski definition) is 5. The molecule has 168 valence electrons. The van der Waals surface area contributed by atoms with Crippen molar-refractivity contribution in [2.75, 3.05) is 16.4 Å². The summed E-state index contributed by atoms with van der Waals surface area (Å²) in [4.78, 5) is 12.4. The lowest BCUT2D eigenvalue weighted by Gasteiger charge is -2.12. The van der Waals surface area contributed by atoms with Crippen molar-refractivity contribution in [3.05, 3.63) is 95.3 Å². The van der Waals surface area contributed by atoms with Crippen molar-refractivity contribution in [3.63, 3.8) is 0 Å². The van der Waals surface area contributed by atoms with Crippen LogP contribution in [0.15, 0.2) is 84.0 Å². The van der Waals surface area contributed by atoms with Gasteiger partial charge in [0, 0.05) is 34.3 Å². The summed E-state index contributed by atoms with van der Waals surface area (Å²) in [5.41, 5.74) is 3.81. The van der Waals surface area contributed by atoms with E-state index in [1.807, 2.05) is 90.4 Å². The monoisotopic (exact) mass is 477 g/mol. The molecule has 4 aromatic rings. The number of hydrogen-bond donors (Lipinski definition) is 2. The van der Waals surface area contributed by atoms with Crippen molar-refractivity contribution in [2.45, 2.75) is 25.0 Å². The molecule has 8 heteroatoms. The highest BCUT2D eigenvalue weighted by Gasteiger charge is 2.15. The van der Waals surface area contributed by atoms with Gasteiger partial charge >= 0.3 is 0 Å². The molecule has 0 atom stereocenters. The molecule has 1 heterocycles. The average molecular weight is 478 g/mol. The van der Waals surface area contributed by atoms with Crippen LogP contribution < -0.4 is 10.6 Å². The Hall–Kier alpha value is -3.29. The number of para-hydroxylation sites is 2. The summed E-state index contributed by atoms with van der Waals surface area (Å²) in [6, 6.07) is 25.3. The zero-order valence-electron chi connectivity index (χ0n) is 18.2. The van der Waals surface area contributed by atoms with Crippen LogP contribution in [0.1, 0.15) is 17.8 Å². The van der Waals surface area contributed by atoms with E-state index < -0.39 is 0 Å². The lowest BCUT2D eigenvalue weighted by Crippen LogP contribution is -2.13. The number of amides is 1. The quantitative estimate of drug-likeness (QED) is 0.291. The number of halogens is 1. The molecule has 0 fully saturated rings. The van der Waals surface area contributed by atoms with Crippen molar-refractivity contribution >= 4 is 40.6 Å². The van der Waals surface area contributed by atoms with Crippen molar-refractivity contribution < 1.29 is 4.79 Å². The van der Waals surface area contributed by atoms with Gasteiger partial charge in [0.05, 0.1) is 6.54 Å². The second-order valence-corrected chi connectivity index (χ2v) is 8.89. The number of aromatic nitrogens is 3. The highest BCUT2D eigenvalue weighted by Crippen LogP contribution is 2.24. The molecule has 3 aromatic carbocycles. The fourth-order valence-electron chi connectivity index (χ4n) is 3.25. The van der Waals surface area contributed by atoms with Crippen LogP contribution in [0.5, 0.6) is 0 Å². The Kier molecular flexibility index (Phi) is 7.65. The number of thioether (sulfide) groups is 1. The predicted molar refractivity (Wildman–Crippen MR) is 135 cm³/mol. The maximum Gasteiger partial charge on any atom is 0.225 e. The number of anilines is 2. The Labute approximate surface area is 202 Å². The number of carbonyl (C=O) groups is 1. The van der Waals surface area contributed by atoms with Crippen LogP contribution >= 0.6 is 23.4 Å². The van der Waals surface area contributed by atoms with E-state index >= 15 is 0 Å². The largest absolute Gasteiger partial charge is 0.378 e. The van der Waals surface area contributed by atoms with E-state index in [2.05, 4.69) is 20.8 Å². The summed E-state index contributed by atoms with van der Waals surface area (Å²) in [6.07, 6.45) is 0.374. The van der Waals surface area contributed by atoms with Gasteiger partial charge in [0.1, 0.15) is 0 Å². The van der Waals surface area contributed by atoms with E-state index in [1.54, 1.807) is 0 Å². The van der Waals surface area contributed by atoms with E-state index in [1.165, 1.54) is 11.8 Å². The molecule has 4 rings (SSSR count). The predicted octanol–water partition coefficient (Wildman–Crippen LogP) is 5.96. The van der Waals surface area contributed by atoms with E-state index in [-0.39, 0.29) is 5.91 Å². The Bertz CT molecular complexity index is 1210. The number of carbonyl (C=O) groups excluding carboxylic acids is 1. The van der Waals surface area contributed by atoms with Gasteiger partial charge in [-0.25, -0.2) is 0 Å². The summed E-state index contributed by atoms with van der Waals surface area (Å²) < 4.78 is 2.02. The minimum Gasteiger partial charge on any atom is -0.378 e. The zero-order valence-corrected chi connectivity index (χ0v) is 19.7. The molecule has 6 nitrogen and oxygen atoms in total. The van der Waals surface area contributed by atoms with Gasteiger partial charge in [0.15, 0.2) is 11.0 Å². The maximum atomic E-state index is 12.4. The number of nitrogens with zero attached hydrogens (tertiary/aromatic N) is 3. The highest BCUT2D eigenvalue weighted by atomic mass is 35.5. The third-order valence-electron chi connectivity index (χ3n) is 4.99. The highest BCUT2D eigenvalue weighted by molar-refractivity contribution is 7.99. The first kappa shape index (κ1) is 22.9. The molecule has 0 bridgehead atoms. The third-order valence-corrected chi connectivity index (χ3v) is 6.17. The van der Waals surface area contributed by atoms with Crippen molar-refractivity contribution in [2.24, 2.45) is 0 Å². The standard InChI is InChI=1S/C25H24ClN5OS/c1-18-7-5-6-10-22(18)28-24(32)15-16-33-25-30-29-23(31(25)21-8-3-2-4-9-21)17-27-20-13-11-19(26)12-14-20/h2-14,27H,15-17H2,1H3,(H,28,32). The summed E-state index contributed by atoms with van der Waals surface area (Å²) in [7, 11) is 0. The van der Waals surface area contributed by atoms with E-state index in [9.17, 15) is 4.79 Å². The summed E-state index contributed by atoms with van der Waals surface area (Å²) in [5, 5.41) is 16.6. The molecule has 33 heavy (non-hydrogen) atoms. The van der Waals surface area contributed by atoms with Crippen LogP contribution in [0.25, 0.3) is 5.69 Å². The molecular weight excluding hydrogens is 454 g/mol. The summed E-state index contributed by atoms with van der Waals surface area (Å²) in [5.74, 6) is 1.35. The number of aryl methyl sites for hydroxylation is 1. The van der Waals surface area contributed by atoms with Gasteiger partial charge in [-0.2, -0.15) is 0 Å². The molecule has 0 aliphatic heterocycles. The van der Waals surface area contributed by atoms with Gasteiger partial charge in [-0.3, -0.25) is 9.36 Å². The molecule has 0 saturated carbocycles. The van der Waals surface area contributed by atoms with Crippen LogP contribution in [-0.2, 0) is 11.3 Å². The number of rotatable bonds is 9. The molecule has 0 aliphatic rings. The Balaban J connectivity index is 1.43. The molecule has 0 radical (unpaired) electrons. The molecule has 1 amide bonds. The third kappa shape index (κ3) is 6.15. The van der Waals surface area contributed by atoms with Crippen LogP contribution in [0, 0.1) is 6.92 Å². The smallest absolute Gasteiger partial charge is 0.225 e. The van der Waals surface area contributed by atoms with Crippen LogP contribution in [0.2, 0.25) is 5.02 Å². The fraction of sp³-hybridized carbons (Fsp3) is 0.160. The lowest BCUT2D eigenvalue weighted by molar-refractivity contribution is -0.115. The molecule has 0 spiro atoms. The normalized spacial score (nSPS) is 10.7. The SMILES string of the molecule is Cc1ccccc1NC(=O)CCSc1nnc(CNc2ccc(Cl)cc2)n1-c1ccccc1. The first-order valence-electron chi connectivity index (χ1n) is 10.6. The summed E-state index contributed by atoms with van der Waals surface area (Å²) in [6.45, 7) is 2.48. The van der Waals surface area contributed by atoms with E-state index in [4.69, 9.17) is 11.6 Å². The number of benzene rings is 3. The van der Waals surface area contributed by atoms with Crippen molar-refractivity contribution in [1.82, 2.24) is 14.8 Å². The molecule has 2 N–H and O–H groups in total. The minimum absolute atomic E-state index is 0.0211. The summed E-state index contributed by atoms with van der Waals surface area (Å²) >= 11 is 7.49. The van der Waals surface area contributed by atoms with Gasteiger partial charge in [0.2, 0.25) is 5.91 Å². The van der Waals surface area contributed by atoms with Gasteiger partial charge in [-0.1, -0.05) is 59.8 Å². The average Bonchev–Trinajstić information content (AvgIpc) is 3.23. The molecule has 0 saturated heterocycles. The van der Waals surface area contributed by atoms with Crippen LogP contribution in [-0.4, -0.2) is 26.4 Å². The molecule has 0 unspecified atom stereocenters. The van der Waals surface area contributed by atoms with Gasteiger partial charge in [-0.05, 0) is 55.0 Å².